The van der Waals surface area contributed by atoms with Gasteiger partial charge >= 0.3 is 0 Å². The first-order chi connectivity index (χ1) is 11.4. The van der Waals surface area contributed by atoms with Crippen LogP contribution in [0, 0.1) is 18.8 Å². The number of halogens is 1. The third kappa shape index (κ3) is 6.33. The zero-order valence-electron chi connectivity index (χ0n) is 15.3. The van der Waals surface area contributed by atoms with Gasteiger partial charge in [-0.15, -0.1) is 12.4 Å². The lowest BCUT2D eigenvalue weighted by molar-refractivity contribution is -0.129. The van der Waals surface area contributed by atoms with Gasteiger partial charge < -0.3 is 16.0 Å². The highest BCUT2D eigenvalue weighted by Crippen LogP contribution is 2.21. The van der Waals surface area contributed by atoms with Gasteiger partial charge in [-0.2, -0.15) is 0 Å². The molecule has 6 heteroatoms. The van der Waals surface area contributed by atoms with Gasteiger partial charge in [-0.1, -0.05) is 43.7 Å². The Morgan fingerprint density at radius 1 is 1.32 bits per heavy atom. The summed E-state index contributed by atoms with van der Waals surface area (Å²) < 4.78 is 0. The lowest BCUT2D eigenvalue weighted by Crippen LogP contribution is -2.44. The van der Waals surface area contributed by atoms with E-state index in [4.69, 9.17) is 5.73 Å². The van der Waals surface area contributed by atoms with Crippen LogP contribution in [-0.2, 0) is 16.1 Å². The predicted octanol–water partition coefficient (Wildman–Crippen LogP) is 2.25. The Labute approximate surface area is 156 Å². The van der Waals surface area contributed by atoms with E-state index in [9.17, 15) is 9.59 Å². The van der Waals surface area contributed by atoms with Crippen molar-refractivity contribution in [1.29, 1.82) is 0 Å². The van der Waals surface area contributed by atoms with Gasteiger partial charge in [0.15, 0.2) is 0 Å². The lowest BCUT2D eigenvalue weighted by atomic mass is 10.0. The normalized spacial score (nSPS) is 18.2. The molecule has 0 saturated carbocycles. The molecule has 1 aliphatic rings. The van der Waals surface area contributed by atoms with E-state index in [-0.39, 0.29) is 42.6 Å². The average Bonchev–Trinajstić information content (AvgIpc) is 2.89. The van der Waals surface area contributed by atoms with Gasteiger partial charge in [0, 0.05) is 32.1 Å². The molecule has 2 rings (SSSR count). The van der Waals surface area contributed by atoms with Crippen LogP contribution in [0.5, 0.6) is 0 Å². The van der Waals surface area contributed by atoms with E-state index >= 15 is 0 Å². The van der Waals surface area contributed by atoms with Crippen LogP contribution in [0.3, 0.4) is 0 Å². The largest absolute Gasteiger partial charge is 0.352 e. The Morgan fingerprint density at radius 2 is 1.96 bits per heavy atom. The minimum absolute atomic E-state index is 0. The van der Waals surface area contributed by atoms with E-state index in [1.165, 1.54) is 5.56 Å². The first kappa shape index (κ1) is 21.5. The number of carbonyl (C=O) groups is 2. The molecule has 2 unspecified atom stereocenters. The van der Waals surface area contributed by atoms with Crippen LogP contribution in [-0.4, -0.2) is 35.8 Å². The Morgan fingerprint density at radius 3 is 2.52 bits per heavy atom. The molecule has 5 nitrogen and oxygen atoms in total. The highest BCUT2D eigenvalue weighted by Gasteiger charge is 2.34. The molecule has 0 bridgehead atoms. The van der Waals surface area contributed by atoms with Crippen molar-refractivity contribution in [1.82, 2.24) is 10.2 Å². The maximum atomic E-state index is 12.4. The molecule has 1 saturated heterocycles. The van der Waals surface area contributed by atoms with Crippen LogP contribution >= 0.6 is 12.4 Å². The Hall–Kier alpha value is -1.59. The minimum Gasteiger partial charge on any atom is -0.352 e. The van der Waals surface area contributed by atoms with Gasteiger partial charge in [0.2, 0.25) is 11.8 Å². The third-order valence-electron chi connectivity index (χ3n) is 4.47. The molecule has 1 aliphatic heterocycles. The highest BCUT2D eigenvalue weighted by atomic mass is 35.5. The maximum absolute atomic E-state index is 12.4. The summed E-state index contributed by atoms with van der Waals surface area (Å²) >= 11 is 0. The standard InChI is InChI=1S/C19H29N3O2.ClH/c1-13(2)8-17(10-20)21-19(24)16-9-18(23)22(12-16)11-15-6-4-14(3)5-7-15;/h4-7,13,16-17H,8-12,20H2,1-3H3,(H,21,24);1H. The summed E-state index contributed by atoms with van der Waals surface area (Å²) in [5, 5.41) is 3.01. The molecule has 3 N–H and O–H groups in total. The molecular formula is C19H30ClN3O2. The van der Waals surface area contributed by atoms with Gasteiger partial charge in [0.25, 0.3) is 0 Å². The van der Waals surface area contributed by atoms with Gasteiger partial charge in [0.1, 0.15) is 0 Å². The molecule has 2 amide bonds. The number of amides is 2. The van der Waals surface area contributed by atoms with Crippen LogP contribution in [0.1, 0.15) is 37.8 Å². The molecule has 0 aromatic heterocycles. The van der Waals surface area contributed by atoms with Crippen LogP contribution < -0.4 is 11.1 Å². The van der Waals surface area contributed by atoms with Crippen LogP contribution in [0.25, 0.3) is 0 Å². The summed E-state index contributed by atoms with van der Waals surface area (Å²) in [7, 11) is 0. The summed E-state index contributed by atoms with van der Waals surface area (Å²) in [4.78, 5) is 26.4. The monoisotopic (exact) mass is 367 g/mol. The summed E-state index contributed by atoms with van der Waals surface area (Å²) in [6.07, 6.45) is 1.15. The average molecular weight is 368 g/mol. The molecule has 0 radical (unpaired) electrons. The Bertz CT molecular complexity index is 575. The van der Waals surface area contributed by atoms with E-state index in [0.717, 1.165) is 12.0 Å². The molecule has 140 valence electrons. The number of nitrogens with two attached hydrogens (primary N) is 1. The summed E-state index contributed by atoms with van der Waals surface area (Å²) in [5.74, 6) is 0.195. The number of aryl methyl sites for hydroxylation is 1. The quantitative estimate of drug-likeness (QED) is 0.776. The number of nitrogens with zero attached hydrogens (tertiary/aromatic N) is 1. The smallest absolute Gasteiger partial charge is 0.225 e. The number of hydrogen-bond acceptors (Lipinski definition) is 3. The Balaban J connectivity index is 0.00000312. The van der Waals surface area contributed by atoms with E-state index in [1.54, 1.807) is 4.90 Å². The molecule has 25 heavy (non-hydrogen) atoms. The molecule has 0 spiro atoms. The fourth-order valence-electron chi connectivity index (χ4n) is 3.12. The molecule has 1 fully saturated rings. The SMILES string of the molecule is Cc1ccc(CN2CC(C(=O)NC(CN)CC(C)C)CC2=O)cc1.Cl. The van der Waals surface area contributed by atoms with Crippen LogP contribution in [0.2, 0.25) is 0 Å². The summed E-state index contributed by atoms with van der Waals surface area (Å²) in [6, 6.07) is 8.13. The first-order valence-corrected chi connectivity index (χ1v) is 8.72. The maximum Gasteiger partial charge on any atom is 0.225 e. The minimum atomic E-state index is -0.274. The second kappa shape index (κ2) is 9.78. The fourth-order valence-corrected chi connectivity index (χ4v) is 3.12. The van der Waals surface area contributed by atoms with Crippen molar-refractivity contribution in [2.75, 3.05) is 13.1 Å². The van der Waals surface area contributed by atoms with Gasteiger partial charge in [-0.3, -0.25) is 9.59 Å². The van der Waals surface area contributed by atoms with Gasteiger partial charge in [-0.25, -0.2) is 0 Å². The van der Waals surface area contributed by atoms with Crippen molar-refractivity contribution >= 4 is 24.2 Å². The molecule has 1 aromatic rings. The summed E-state index contributed by atoms with van der Waals surface area (Å²) in [6.45, 7) is 7.73. The number of rotatable bonds is 7. The molecule has 1 heterocycles. The lowest BCUT2D eigenvalue weighted by Gasteiger charge is -2.21. The second-order valence-electron chi connectivity index (χ2n) is 7.23. The van der Waals surface area contributed by atoms with E-state index in [2.05, 4.69) is 19.2 Å². The Kier molecular flexibility index (Phi) is 8.39. The second-order valence-corrected chi connectivity index (χ2v) is 7.23. The molecule has 2 atom stereocenters. The van der Waals surface area contributed by atoms with Crippen molar-refractivity contribution in [2.45, 2.75) is 46.2 Å². The summed E-state index contributed by atoms with van der Waals surface area (Å²) in [5.41, 5.74) is 8.03. The van der Waals surface area contributed by atoms with Gasteiger partial charge in [0.05, 0.1) is 5.92 Å². The number of likely N-dealkylation sites (tertiary alicyclic amines) is 1. The topological polar surface area (TPSA) is 75.4 Å². The van der Waals surface area contributed by atoms with Crippen LogP contribution in [0.15, 0.2) is 24.3 Å². The molecule has 1 aromatic carbocycles. The van der Waals surface area contributed by atoms with Crippen molar-refractivity contribution in [3.8, 4) is 0 Å². The third-order valence-corrected chi connectivity index (χ3v) is 4.47. The number of carbonyl (C=O) groups excluding carboxylic acids is 2. The van der Waals surface area contributed by atoms with E-state index in [0.29, 0.717) is 25.6 Å². The highest BCUT2D eigenvalue weighted by molar-refractivity contribution is 5.89. The fraction of sp³-hybridized carbons (Fsp3) is 0.579. The van der Waals surface area contributed by atoms with Crippen LogP contribution in [0.4, 0.5) is 0 Å². The number of hydrogen-bond donors (Lipinski definition) is 2. The predicted molar refractivity (Wildman–Crippen MR) is 102 cm³/mol. The van der Waals surface area contributed by atoms with Gasteiger partial charge in [-0.05, 0) is 24.8 Å². The van der Waals surface area contributed by atoms with Crippen molar-refractivity contribution in [3.63, 3.8) is 0 Å². The first-order valence-electron chi connectivity index (χ1n) is 8.72. The van der Waals surface area contributed by atoms with Crippen molar-refractivity contribution in [2.24, 2.45) is 17.6 Å². The zero-order chi connectivity index (χ0) is 17.7. The van der Waals surface area contributed by atoms with E-state index in [1.807, 2.05) is 31.2 Å². The zero-order valence-corrected chi connectivity index (χ0v) is 16.1. The number of benzene rings is 1. The van der Waals surface area contributed by atoms with E-state index < -0.39 is 0 Å². The van der Waals surface area contributed by atoms with Crippen molar-refractivity contribution < 1.29 is 9.59 Å². The molecule has 0 aliphatic carbocycles. The number of nitrogens with one attached hydrogen (secondary N) is 1. The molecular weight excluding hydrogens is 338 g/mol. The van der Waals surface area contributed by atoms with Crippen molar-refractivity contribution in [3.05, 3.63) is 35.4 Å².